The van der Waals surface area contributed by atoms with E-state index < -0.39 is 10.0 Å². The lowest BCUT2D eigenvalue weighted by Crippen LogP contribution is -2.25. The topological polar surface area (TPSA) is 37.4 Å². The highest BCUT2D eigenvalue weighted by molar-refractivity contribution is 7.90. The molecule has 3 nitrogen and oxygen atoms in total. The molecule has 0 bridgehead atoms. The monoisotopic (exact) mass is 185 g/mol. The summed E-state index contributed by atoms with van der Waals surface area (Å²) in [4.78, 5) is 0. The van der Waals surface area contributed by atoms with Crippen LogP contribution in [-0.4, -0.2) is 31.6 Å². The summed E-state index contributed by atoms with van der Waals surface area (Å²) >= 11 is 0. The molecular weight excluding hydrogens is 174 g/mol. The Bertz CT molecular complexity index is 342. The molecule has 1 heterocycles. The number of hydrogen-bond acceptors (Lipinski definition) is 2. The van der Waals surface area contributed by atoms with Crippen molar-refractivity contribution in [2.24, 2.45) is 5.92 Å². The summed E-state index contributed by atoms with van der Waals surface area (Å²) in [6.45, 7) is 0.619. The van der Waals surface area contributed by atoms with Crippen LogP contribution >= 0.6 is 0 Å². The highest BCUT2D eigenvalue weighted by atomic mass is 32.2. The van der Waals surface area contributed by atoms with Crippen LogP contribution < -0.4 is 0 Å². The third-order valence-corrected chi connectivity index (χ3v) is 4.65. The summed E-state index contributed by atoms with van der Waals surface area (Å²) in [5, 5.41) is -0.313. The van der Waals surface area contributed by atoms with E-state index in [0.717, 1.165) is 0 Å². The lowest BCUT2D eigenvalue weighted by molar-refractivity contribution is 0.487. The molecule has 1 fully saturated rings. The molecule has 0 aromatic carbocycles. The first-order valence-electron chi connectivity index (χ1n) is 3.92. The van der Waals surface area contributed by atoms with E-state index in [1.54, 1.807) is 19.2 Å². The van der Waals surface area contributed by atoms with Crippen molar-refractivity contribution >= 4 is 10.0 Å². The van der Waals surface area contributed by atoms with Crippen molar-refractivity contribution in [1.29, 1.82) is 0 Å². The van der Waals surface area contributed by atoms with Gasteiger partial charge in [0.15, 0.2) is 0 Å². The first-order valence-corrected chi connectivity index (χ1v) is 5.43. The van der Waals surface area contributed by atoms with E-state index in [0.29, 0.717) is 6.54 Å². The van der Waals surface area contributed by atoms with Gasteiger partial charge in [0.2, 0.25) is 10.0 Å². The average molecular weight is 185 g/mol. The minimum atomic E-state index is -3.03. The fourth-order valence-corrected chi connectivity index (χ4v) is 3.43. The molecule has 0 N–H and O–H groups in total. The van der Waals surface area contributed by atoms with Crippen LogP contribution in [0.2, 0.25) is 0 Å². The third-order valence-electron chi connectivity index (χ3n) is 2.44. The van der Waals surface area contributed by atoms with E-state index in [4.69, 9.17) is 0 Å². The molecule has 0 spiro atoms. The van der Waals surface area contributed by atoms with Gasteiger partial charge in [-0.2, -0.15) is 0 Å². The second-order valence-electron chi connectivity index (χ2n) is 3.22. The quantitative estimate of drug-likeness (QED) is 0.547. The highest BCUT2D eigenvalue weighted by Gasteiger charge is 2.41. The second-order valence-corrected chi connectivity index (χ2v) is 5.42. The van der Waals surface area contributed by atoms with Gasteiger partial charge in [-0.3, -0.25) is 0 Å². The van der Waals surface area contributed by atoms with Gasteiger partial charge in [-0.25, -0.2) is 12.7 Å². The maximum Gasteiger partial charge on any atom is 0.220 e. The number of hydrogen-bond donors (Lipinski definition) is 0. The zero-order chi connectivity index (χ0) is 8.77. The molecule has 1 aliphatic carbocycles. The highest BCUT2D eigenvalue weighted by Crippen LogP contribution is 2.29. The van der Waals surface area contributed by atoms with Gasteiger partial charge in [0, 0.05) is 19.5 Å². The smallest absolute Gasteiger partial charge is 0.212 e. The molecular formula is C8H11NO2S. The number of fused-ring (bicyclic) bond motifs is 1. The molecule has 0 amide bonds. The van der Waals surface area contributed by atoms with Gasteiger partial charge in [0.25, 0.3) is 0 Å². The van der Waals surface area contributed by atoms with Gasteiger partial charge < -0.3 is 0 Å². The Morgan fingerprint density at radius 2 is 2.00 bits per heavy atom. The number of nitrogens with zero attached hydrogens (tertiary/aromatic N) is 1. The number of sulfonamides is 1. The van der Waals surface area contributed by atoms with Crippen LogP contribution in [0.1, 0.15) is 0 Å². The normalized spacial score (nSPS) is 38.4. The SMILES string of the molecule is CN1CC2C=CC=CC2S1(=O)=O. The van der Waals surface area contributed by atoms with Gasteiger partial charge in [0.05, 0.1) is 0 Å². The van der Waals surface area contributed by atoms with Crippen molar-refractivity contribution in [1.82, 2.24) is 4.31 Å². The van der Waals surface area contributed by atoms with Gasteiger partial charge in [-0.15, -0.1) is 0 Å². The van der Waals surface area contributed by atoms with E-state index >= 15 is 0 Å². The van der Waals surface area contributed by atoms with Gasteiger partial charge in [-0.1, -0.05) is 24.3 Å². The molecule has 2 unspecified atom stereocenters. The van der Waals surface area contributed by atoms with Gasteiger partial charge in [-0.05, 0) is 0 Å². The Kier molecular flexibility index (Phi) is 1.63. The van der Waals surface area contributed by atoms with Crippen molar-refractivity contribution in [3.63, 3.8) is 0 Å². The molecule has 66 valence electrons. The minimum Gasteiger partial charge on any atom is -0.212 e. The van der Waals surface area contributed by atoms with Crippen LogP contribution in [-0.2, 0) is 10.0 Å². The van der Waals surface area contributed by atoms with E-state index in [1.165, 1.54) is 4.31 Å². The summed E-state index contributed by atoms with van der Waals surface area (Å²) in [7, 11) is -1.40. The van der Waals surface area contributed by atoms with Crippen molar-refractivity contribution in [2.75, 3.05) is 13.6 Å². The largest absolute Gasteiger partial charge is 0.220 e. The predicted molar refractivity (Wildman–Crippen MR) is 47.1 cm³/mol. The zero-order valence-corrected chi connectivity index (χ0v) is 7.66. The molecule has 0 saturated carbocycles. The fourth-order valence-electron chi connectivity index (χ4n) is 1.73. The lowest BCUT2D eigenvalue weighted by atomic mass is 10.0. The van der Waals surface area contributed by atoms with Crippen LogP contribution in [0.4, 0.5) is 0 Å². The first-order chi connectivity index (χ1) is 5.62. The molecule has 1 aliphatic heterocycles. The van der Waals surface area contributed by atoms with Gasteiger partial charge in [0.1, 0.15) is 5.25 Å². The van der Waals surface area contributed by atoms with Crippen LogP contribution in [0.15, 0.2) is 24.3 Å². The fraction of sp³-hybridized carbons (Fsp3) is 0.500. The van der Waals surface area contributed by atoms with Crippen LogP contribution in [0.5, 0.6) is 0 Å². The Morgan fingerprint density at radius 1 is 1.33 bits per heavy atom. The summed E-state index contributed by atoms with van der Waals surface area (Å²) in [5.74, 6) is 0.157. The summed E-state index contributed by atoms with van der Waals surface area (Å²) < 4.78 is 24.6. The summed E-state index contributed by atoms with van der Waals surface area (Å²) in [6, 6.07) is 0. The Hall–Kier alpha value is -0.610. The maximum atomic E-state index is 11.6. The Labute approximate surface area is 72.4 Å². The first kappa shape index (κ1) is 8.01. The molecule has 12 heavy (non-hydrogen) atoms. The second kappa shape index (κ2) is 2.44. The molecule has 2 aliphatic rings. The molecule has 2 atom stereocenters. The predicted octanol–water partition coefficient (Wildman–Crippen LogP) is 0.372. The van der Waals surface area contributed by atoms with E-state index in [9.17, 15) is 8.42 Å². The Morgan fingerprint density at radius 3 is 2.67 bits per heavy atom. The third kappa shape index (κ3) is 0.949. The molecule has 4 heteroatoms. The molecule has 0 radical (unpaired) electrons. The van der Waals surface area contributed by atoms with Crippen LogP contribution in [0.3, 0.4) is 0 Å². The van der Waals surface area contributed by atoms with Gasteiger partial charge >= 0.3 is 0 Å². The van der Waals surface area contributed by atoms with Crippen molar-refractivity contribution in [2.45, 2.75) is 5.25 Å². The maximum absolute atomic E-state index is 11.6. The van der Waals surface area contributed by atoms with E-state index in [2.05, 4.69) is 0 Å². The Balaban J connectivity index is 2.43. The molecule has 2 rings (SSSR count). The lowest BCUT2D eigenvalue weighted by Gasteiger charge is -2.11. The molecule has 0 aromatic heterocycles. The van der Waals surface area contributed by atoms with Crippen LogP contribution in [0.25, 0.3) is 0 Å². The van der Waals surface area contributed by atoms with E-state index in [1.807, 2.05) is 12.2 Å². The zero-order valence-electron chi connectivity index (χ0n) is 6.84. The summed E-state index contributed by atoms with van der Waals surface area (Å²) in [5.41, 5.74) is 0. The van der Waals surface area contributed by atoms with Crippen molar-refractivity contribution in [3.05, 3.63) is 24.3 Å². The molecule has 1 saturated heterocycles. The summed E-state index contributed by atoms with van der Waals surface area (Å²) in [6.07, 6.45) is 7.45. The number of rotatable bonds is 0. The van der Waals surface area contributed by atoms with E-state index in [-0.39, 0.29) is 11.2 Å². The standard InChI is InChI=1S/C8H11NO2S/c1-9-6-7-4-2-3-5-8(7)12(9,10)11/h2-5,7-8H,6H2,1H3. The minimum absolute atomic E-state index is 0.157. The van der Waals surface area contributed by atoms with Crippen LogP contribution in [0, 0.1) is 5.92 Å². The van der Waals surface area contributed by atoms with Crippen molar-refractivity contribution < 1.29 is 8.42 Å². The molecule has 0 aromatic rings. The number of allylic oxidation sites excluding steroid dienone is 2. The van der Waals surface area contributed by atoms with Crippen molar-refractivity contribution in [3.8, 4) is 0 Å². The average Bonchev–Trinajstić information content (AvgIpc) is 2.25.